The summed E-state index contributed by atoms with van der Waals surface area (Å²) >= 11 is 0. The number of aryl methyl sites for hydroxylation is 1. The molecule has 5 rings (SSSR count). The second kappa shape index (κ2) is 11.5. The predicted octanol–water partition coefficient (Wildman–Crippen LogP) is 5.68. The Hall–Kier alpha value is -3.85. The maximum atomic E-state index is 13.5. The summed E-state index contributed by atoms with van der Waals surface area (Å²) < 4.78 is 32.6. The molecular formula is C28H30F2N6O. The number of piperidine rings is 1. The van der Waals surface area contributed by atoms with Crippen LogP contribution in [0.4, 0.5) is 20.4 Å². The van der Waals surface area contributed by atoms with E-state index in [0.717, 1.165) is 47.8 Å². The van der Waals surface area contributed by atoms with Crippen LogP contribution in [0.5, 0.6) is 11.6 Å². The van der Waals surface area contributed by atoms with Crippen LogP contribution in [-0.2, 0) is 0 Å². The molecule has 0 aliphatic carbocycles. The van der Waals surface area contributed by atoms with E-state index in [2.05, 4.69) is 25.9 Å². The van der Waals surface area contributed by atoms with Crippen molar-refractivity contribution >= 4 is 22.4 Å². The first-order chi connectivity index (χ1) is 18.1. The molecule has 0 spiro atoms. The minimum atomic E-state index is -1.56. The molecule has 1 aliphatic heterocycles. The number of nitrogens with one attached hydrogen (secondary N) is 3. The van der Waals surface area contributed by atoms with Crippen molar-refractivity contribution in [3.8, 4) is 22.9 Å². The van der Waals surface area contributed by atoms with Crippen LogP contribution in [0.2, 0.25) is 0 Å². The summed E-state index contributed by atoms with van der Waals surface area (Å²) in [6.45, 7) is 2.75. The standard InChI is InChI=1S/C28H30F2N6O/c1-18-9-10-21-22(6-2-8-24(21)34-16-19(30)15-29)26(18)37-27-23(7-4-13-32-27)25-11-14-33-28(36-25)35-20-5-3-12-31-17-20/h2,4,6-11,13-14,19-20,31,34H,3,5,12,15-17H2,1H3,(H,33,35,36). The van der Waals surface area contributed by atoms with Gasteiger partial charge in [-0.2, -0.15) is 0 Å². The number of nitrogens with zero attached hydrogens (tertiary/aromatic N) is 3. The average Bonchev–Trinajstić information content (AvgIpc) is 2.94. The van der Waals surface area contributed by atoms with Crippen molar-refractivity contribution in [2.24, 2.45) is 0 Å². The van der Waals surface area contributed by atoms with Crippen molar-refractivity contribution in [1.29, 1.82) is 0 Å². The molecule has 0 bridgehead atoms. The zero-order valence-corrected chi connectivity index (χ0v) is 20.7. The number of hydrogen-bond acceptors (Lipinski definition) is 7. The fourth-order valence-electron chi connectivity index (χ4n) is 4.50. The van der Waals surface area contributed by atoms with Gasteiger partial charge in [-0.1, -0.05) is 24.3 Å². The summed E-state index contributed by atoms with van der Waals surface area (Å²) in [7, 11) is 0. The molecule has 0 radical (unpaired) electrons. The topological polar surface area (TPSA) is 84.0 Å². The van der Waals surface area contributed by atoms with Crippen LogP contribution in [0.1, 0.15) is 18.4 Å². The second-order valence-electron chi connectivity index (χ2n) is 9.16. The van der Waals surface area contributed by atoms with Gasteiger partial charge in [0.1, 0.15) is 18.6 Å². The normalized spacial score (nSPS) is 16.4. The Kier molecular flexibility index (Phi) is 7.70. The first-order valence-electron chi connectivity index (χ1n) is 12.5. The largest absolute Gasteiger partial charge is 0.437 e. The van der Waals surface area contributed by atoms with Gasteiger partial charge in [-0.05, 0) is 56.1 Å². The van der Waals surface area contributed by atoms with Crippen molar-refractivity contribution in [2.45, 2.75) is 32.0 Å². The molecule has 2 aromatic heterocycles. The number of ether oxygens (including phenoxy) is 1. The zero-order valence-electron chi connectivity index (χ0n) is 20.7. The highest BCUT2D eigenvalue weighted by Crippen LogP contribution is 2.38. The maximum Gasteiger partial charge on any atom is 0.228 e. The molecule has 2 atom stereocenters. The van der Waals surface area contributed by atoms with Crippen LogP contribution in [0.15, 0.2) is 60.9 Å². The van der Waals surface area contributed by atoms with Crippen molar-refractivity contribution in [1.82, 2.24) is 20.3 Å². The Labute approximate surface area is 214 Å². The number of alkyl halides is 2. The summed E-state index contributed by atoms with van der Waals surface area (Å²) in [6, 6.07) is 15.4. The highest BCUT2D eigenvalue weighted by Gasteiger charge is 2.17. The highest BCUT2D eigenvalue weighted by molar-refractivity contribution is 5.98. The van der Waals surface area contributed by atoms with Crippen LogP contribution in [0.25, 0.3) is 22.0 Å². The van der Waals surface area contributed by atoms with E-state index in [4.69, 9.17) is 9.72 Å². The molecule has 1 saturated heterocycles. The van der Waals surface area contributed by atoms with E-state index >= 15 is 0 Å². The van der Waals surface area contributed by atoms with Gasteiger partial charge in [-0.15, -0.1) is 0 Å². The Morgan fingerprint density at radius 1 is 1.08 bits per heavy atom. The van der Waals surface area contributed by atoms with Crippen LogP contribution in [0, 0.1) is 6.92 Å². The van der Waals surface area contributed by atoms with Gasteiger partial charge < -0.3 is 20.7 Å². The second-order valence-corrected chi connectivity index (χ2v) is 9.16. The number of rotatable bonds is 9. The predicted molar refractivity (Wildman–Crippen MR) is 143 cm³/mol. The fraction of sp³-hybridized carbons (Fsp3) is 0.321. The lowest BCUT2D eigenvalue weighted by Gasteiger charge is -2.23. The van der Waals surface area contributed by atoms with Crippen molar-refractivity contribution in [3.05, 3.63) is 66.5 Å². The van der Waals surface area contributed by atoms with Crippen LogP contribution in [-0.4, -0.2) is 53.5 Å². The molecule has 2 unspecified atom stereocenters. The van der Waals surface area contributed by atoms with Gasteiger partial charge >= 0.3 is 0 Å². The first kappa shape index (κ1) is 24.8. The smallest absolute Gasteiger partial charge is 0.228 e. The van der Waals surface area contributed by atoms with Gasteiger partial charge in [0.2, 0.25) is 11.8 Å². The molecule has 0 saturated carbocycles. The lowest BCUT2D eigenvalue weighted by atomic mass is 10.0. The van der Waals surface area contributed by atoms with Gasteiger partial charge in [0, 0.05) is 48.0 Å². The van der Waals surface area contributed by atoms with Crippen LogP contribution >= 0.6 is 0 Å². The summed E-state index contributed by atoms with van der Waals surface area (Å²) in [5.41, 5.74) is 3.07. The third kappa shape index (κ3) is 5.77. The summed E-state index contributed by atoms with van der Waals surface area (Å²) in [5, 5.41) is 11.5. The van der Waals surface area contributed by atoms with Crippen LogP contribution < -0.4 is 20.7 Å². The molecule has 9 heteroatoms. The molecule has 2 aromatic carbocycles. The van der Waals surface area contributed by atoms with E-state index in [9.17, 15) is 8.78 Å². The van der Waals surface area contributed by atoms with Crippen molar-refractivity contribution in [3.63, 3.8) is 0 Å². The fourth-order valence-corrected chi connectivity index (χ4v) is 4.50. The molecule has 37 heavy (non-hydrogen) atoms. The third-order valence-electron chi connectivity index (χ3n) is 6.42. The maximum absolute atomic E-state index is 13.5. The molecule has 1 fully saturated rings. The van der Waals surface area contributed by atoms with Gasteiger partial charge in [-0.25, -0.2) is 23.7 Å². The highest BCUT2D eigenvalue weighted by atomic mass is 19.2. The lowest BCUT2D eigenvalue weighted by molar-refractivity contribution is 0.273. The van der Waals surface area contributed by atoms with E-state index < -0.39 is 12.8 Å². The van der Waals surface area contributed by atoms with Crippen molar-refractivity contribution in [2.75, 3.05) is 36.9 Å². The van der Waals surface area contributed by atoms with Gasteiger partial charge in [-0.3, -0.25) is 0 Å². The average molecular weight is 505 g/mol. The quantitative estimate of drug-likeness (QED) is 0.271. The summed E-state index contributed by atoms with van der Waals surface area (Å²) in [6.07, 6.45) is 4.03. The minimum Gasteiger partial charge on any atom is -0.437 e. The van der Waals surface area contributed by atoms with Gasteiger partial charge in [0.05, 0.1) is 11.3 Å². The Morgan fingerprint density at radius 2 is 2.00 bits per heavy atom. The van der Waals surface area contributed by atoms with E-state index in [-0.39, 0.29) is 12.6 Å². The molecule has 0 amide bonds. The number of anilines is 2. The molecule has 4 aromatic rings. The number of pyridine rings is 1. The molecule has 192 valence electrons. The van der Waals surface area contributed by atoms with Crippen molar-refractivity contribution < 1.29 is 13.5 Å². The van der Waals surface area contributed by atoms with E-state index in [0.29, 0.717) is 29.0 Å². The molecule has 7 nitrogen and oxygen atoms in total. The van der Waals surface area contributed by atoms with E-state index in [1.807, 2.05) is 55.5 Å². The van der Waals surface area contributed by atoms with Gasteiger partial charge in [0.25, 0.3) is 0 Å². The Bertz CT molecular complexity index is 1360. The Morgan fingerprint density at radius 3 is 2.84 bits per heavy atom. The van der Waals surface area contributed by atoms with E-state index in [1.165, 1.54) is 0 Å². The minimum absolute atomic E-state index is 0.106. The number of hydrogen-bond donors (Lipinski definition) is 3. The SMILES string of the molecule is Cc1ccc2c(NCC(F)CF)cccc2c1Oc1ncccc1-c1ccnc(NC2CCCNC2)n1. The number of fused-ring (bicyclic) bond motifs is 1. The van der Waals surface area contributed by atoms with Gasteiger partial charge in [0.15, 0.2) is 0 Å². The number of benzene rings is 2. The zero-order chi connectivity index (χ0) is 25.6. The number of halogens is 2. The Balaban J connectivity index is 1.45. The third-order valence-corrected chi connectivity index (χ3v) is 6.42. The molecular weight excluding hydrogens is 474 g/mol. The van der Waals surface area contributed by atoms with E-state index in [1.54, 1.807) is 12.4 Å². The molecule has 1 aliphatic rings. The number of aromatic nitrogens is 3. The summed E-state index contributed by atoms with van der Waals surface area (Å²) in [5.74, 6) is 1.63. The van der Waals surface area contributed by atoms with Crippen LogP contribution in [0.3, 0.4) is 0 Å². The molecule has 3 heterocycles. The molecule has 3 N–H and O–H groups in total. The lowest BCUT2D eigenvalue weighted by Crippen LogP contribution is -2.38. The first-order valence-corrected chi connectivity index (χ1v) is 12.5. The monoisotopic (exact) mass is 504 g/mol. The summed E-state index contributed by atoms with van der Waals surface area (Å²) in [4.78, 5) is 13.7.